The van der Waals surface area contributed by atoms with Crippen molar-refractivity contribution in [2.75, 3.05) is 27.2 Å². The second kappa shape index (κ2) is 11.0. The van der Waals surface area contributed by atoms with E-state index in [-0.39, 0.29) is 23.8 Å². The van der Waals surface area contributed by atoms with E-state index in [1.54, 1.807) is 67.2 Å². The molecule has 2 aromatic rings. The monoisotopic (exact) mass is 467 g/mol. The molecular formula is C26H30FN3O4. The molecule has 180 valence electrons. The van der Waals surface area contributed by atoms with Gasteiger partial charge in [-0.25, -0.2) is 4.39 Å². The average Bonchev–Trinajstić information content (AvgIpc) is 2.87. The molecule has 8 heteroatoms. The van der Waals surface area contributed by atoms with Crippen LogP contribution in [0.2, 0.25) is 0 Å². The summed E-state index contributed by atoms with van der Waals surface area (Å²) in [4.78, 5) is 40.6. The van der Waals surface area contributed by atoms with Crippen LogP contribution in [-0.4, -0.2) is 60.7 Å². The lowest BCUT2D eigenvalue weighted by atomic mass is 10.0. The third-order valence-electron chi connectivity index (χ3n) is 6.17. The Labute approximate surface area is 199 Å². The SMILES string of the molecule is C=CC(=O)N1CCC(N(C)C(=O)[C@@H](Oc2ccc(C(=O)NC)cc2)c2ccc(C)c(F)c2)CC1. The van der Waals surface area contributed by atoms with Crippen molar-refractivity contribution in [2.45, 2.75) is 31.9 Å². The van der Waals surface area contributed by atoms with E-state index in [0.717, 1.165) is 0 Å². The van der Waals surface area contributed by atoms with Gasteiger partial charge >= 0.3 is 0 Å². The van der Waals surface area contributed by atoms with Crippen molar-refractivity contribution >= 4 is 17.7 Å². The van der Waals surface area contributed by atoms with Gasteiger partial charge in [0.25, 0.3) is 11.8 Å². The predicted octanol–water partition coefficient (Wildman–Crippen LogP) is 3.25. The first-order valence-electron chi connectivity index (χ1n) is 11.2. The molecule has 1 fully saturated rings. The fourth-order valence-corrected chi connectivity index (χ4v) is 3.97. The van der Waals surface area contributed by atoms with Crippen LogP contribution in [-0.2, 0) is 9.59 Å². The Bertz CT molecular complexity index is 1060. The van der Waals surface area contributed by atoms with Gasteiger partial charge in [0.1, 0.15) is 11.6 Å². The molecule has 34 heavy (non-hydrogen) atoms. The van der Waals surface area contributed by atoms with Gasteiger partial charge in [-0.1, -0.05) is 18.7 Å². The first-order valence-corrected chi connectivity index (χ1v) is 11.2. The maximum atomic E-state index is 14.4. The molecule has 0 saturated carbocycles. The summed E-state index contributed by atoms with van der Waals surface area (Å²) in [5.41, 5.74) is 1.32. The van der Waals surface area contributed by atoms with Crippen LogP contribution in [0.15, 0.2) is 55.1 Å². The summed E-state index contributed by atoms with van der Waals surface area (Å²) in [6.45, 7) is 6.23. The van der Waals surface area contributed by atoms with Gasteiger partial charge in [-0.15, -0.1) is 0 Å². The number of rotatable bonds is 7. The van der Waals surface area contributed by atoms with Crippen LogP contribution in [0.5, 0.6) is 5.75 Å². The second-order valence-corrected chi connectivity index (χ2v) is 8.32. The van der Waals surface area contributed by atoms with E-state index >= 15 is 0 Å². The van der Waals surface area contributed by atoms with Crippen LogP contribution in [0.25, 0.3) is 0 Å². The number of nitrogens with zero attached hydrogens (tertiary/aromatic N) is 2. The molecule has 1 saturated heterocycles. The Morgan fingerprint density at radius 2 is 1.82 bits per heavy atom. The number of ether oxygens (including phenoxy) is 1. The summed E-state index contributed by atoms with van der Waals surface area (Å²) in [6.07, 6.45) is 1.47. The number of piperidine rings is 1. The maximum absolute atomic E-state index is 14.4. The van der Waals surface area contributed by atoms with Crippen molar-refractivity contribution < 1.29 is 23.5 Å². The number of hydrogen-bond acceptors (Lipinski definition) is 4. The van der Waals surface area contributed by atoms with E-state index in [1.165, 1.54) is 12.1 Å². The minimum absolute atomic E-state index is 0.0848. The molecule has 3 amide bonds. The third kappa shape index (κ3) is 5.62. The number of halogens is 1. The molecule has 1 N–H and O–H groups in total. The van der Waals surface area contributed by atoms with Gasteiger partial charge in [0.05, 0.1) is 0 Å². The summed E-state index contributed by atoms with van der Waals surface area (Å²) < 4.78 is 20.4. The van der Waals surface area contributed by atoms with Gasteiger partial charge in [0.2, 0.25) is 12.0 Å². The number of likely N-dealkylation sites (tertiary alicyclic amines) is 1. The maximum Gasteiger partial charge on any atom is 0.268 e. The van der Waals surface area contributed by atoms with Crippen molar-refractivity contribution in [3.8, 4) is 5.75 Å². The standard InChI is InChI=1S/C26H30FN3O4/c1-5-23(31)30-14-12-20(13-15-30)29(4)26(33)24(19-7-6-17(2)22(27)16-19)34-21-10-8-18(9-11-21)25(32)28-3/h5-11,16,20,24H,1,12-15H2,2-4H3,(H,28,32)/t24-/m0/s1. The predicted molar refractivity (Wildman–Crippen MR) is 127 cm³/mol. The molecule has 0 spiro atoms. The number of carbonyl (C=O) groups excluding carboxylic acids is 3. The van der Waals surface area contributed by atoms with E-state index in [2.05, 4.69) is 11.9 Å². The molecule has 3 rings (SSSR count). The molecule has 2 aromatic carbocycles. The van der Waals surface area contributed by atoms with Crippen molar-refractivity contribution in [1.29, 1.82) is 0 Å². The molecule has 1 aliphatic rings. The Morgan fingerprint density at radius 1 is 1.18 bits per heavy atom. The minimum Gasteiger partial charge on any atom is -0.476 e. The molecule has 0 aliphatic carbocycles. The van der Waals surface area contributed by atoms with Crippen LogP contribution in [0, 0.1) is 12.7 Å². The third-order valence-corrected chi connectivity index (χ3v) is 6.17. The van der Waals surface area contributed by atoms with Crippen LogP contribution >= 0.6 is 0 Å². The number of aryl methyl sites for hydroxylation is 1. The minimum atomic E-state index is -1.07. The lowest BCUT2D eigenvalue weighted by Gasteiger charge is -2.37. The fourth-order valence-electron chi connectivity index (χ4n) is 3.97. The highest BCUT2D eigenvalue weighted by molar-refractivity contribution is 5.94. The van der Waals surface area contributed by atoms with Crippen LogP contribution < -0.4 is 10.1 Å². The lowest BCUT2D eigenvalue weighted by molar-refractivity contribution is -0.141. The lowest BCUT2D eigenvalue weighted by Crippen LogP contribution is -2.48. The molecule has 0 unspecified atom stereocenters. The summed E-state index contributed by atoms with van der Waals surface area (Å²) in [6, 6.07) is 10.9. The van der Waals surface area contributed by atoms with Crippen molar-refractivity contribution in [3.05, 3.63) is 77.6 Å². The normalized spacial score (nSPS) is 14.8. The van der Waals surface area contributed by atoms with Crippen LogP contribution in [0.4, 0.5) is 4.39 Å². The molecular weight excluding hydrogens is 437 g/mol. The van der Waals surface area contributed by atoms with Gasteiger partial charge in [-0.2, -0.15) is 0 Å². The number of nitrogens with one attached hydrogen (secondary N) is 1. The molecule has 1 atom stereocenters. The van der Waals surface area contributed by atoms with Crippen molar-refractivity contribution in [3.63, 3.8) is 0 Å². The topological polar surface area (TPSA) is 79.0 Å². The summed E-state index contributed by atoms with van der Waals surface area (Å²) in [7, 11) is 3.24. The molecule has 1 heterocycles. The Kier molecular flexibility index (Phi) is 8.04. The highest BCUT2D eigenvalue weighted by atomic mass is 19.1. The number of benzene rings is 2. The van der Waals surface area contributed by atoms with Gasteiger partial charge in [0.15, 0.2) is 0 Å². The first-order chi connectivity index (χ1) is 16.2. The van der Waals surface area contributed by atoms with E-state index < -0.39 is 11.9 Å². The van der Waals surface area contributed by atoms with Gasteiger partial charge in [-0.05, 0) is 61.7 Å². The smallest absolute Gasteiger partial charge is 0.268 e. The van der Waals surface area contributed by atoms with E-state index in [9.17, 15) is 18.8 Å². The number of likely N-dealkylation sites (N-methyl/N-ethyl adjacent to an activating group) is 1. The van der Waals surface area contributed by atoms with Crippen LogP contribution in [0.1, 0.15) is 40.4 Å². The highest BCUT2D eigenvalue weighted by Crippen LogP contribution is 2.28. The highest BCUT2D eigenvalue weighted by Gasteiger charge is 2.33. The first kappa shape index (κ1) is 25.0. The van der Waals surface area contributed by atoms with Crippen molar-refractivity contribution in [2.24, 2.45) is 0 Å². The van der Waals surface area contributed by atoms with Crippen LogP contribution in [0.3, 0.4) is 0 Å². The quantitative estimate of drug-likeness (QED) is 0.634. The summed E-state index contributed by atoms with van der Waals surface area (Å²) >= 11 is 0. The Balaban J connectivity index is 1.82. The molecule has 0 radical (unpaired) electrons. The zero-order chi connectivity index (χ0) is 24.8. The Morgan fingerprint density at radius 3 is 2.38 bits per heavy atom. The molecule has 1 aliphatic heterocycles. The number of hydrogen-bond donors (Lipinski definition) is 1. The number of carbonyl (C=O) groups is 3. The second-order valence-electron chi connectivity index (χ2n) is 8.32. The zero-order valence-electron chi connectivity index (χ0n) is 19.7. The van der Waals surface area contributed by atoms with Gasteiger partial charge < -0.3 is 19.9 Å². The number of amides is 3. The van der Waals surface area contributed by atoms with E-state index in [0.29, 0.717) is 48.4 Å². The van der Waals surface area contributed by atoms with E-state index in [1.807, 2.05) is 0 Å². The summed E-state index contributed by atoms with van der Waals surface area (Å²) in [5, 5.41) is 2.55. The van der Waals surface area contributed by atoms with Gasteiger partial charge in [-0.3, -0.25) is 14.4 Å². The Hall–Kier alpha value is -3.68. The van der Waals surface area contributed by atoms with Crippen molar-refractivity contribution in [1.82, 2.24) is 15.1 Å². The fraction of sp³-hybridized carbons (Fsp3) is 0.346. The zero-order valence-corrected chi connectivity index (χ0v) is 19.7. The molecule has 0 bridgehead atoms. The average molecular weight is 468 g/mol. The largest absolute Gasteiger partial charge is 0.476 e. The summed E-state index contributed by atoms with van der Waals surface area (Å²) in [5.74, 6) is -0.712. The molecule has 7 nitrogen and oxygen atoms in total. The molecule has 0 aromatic heterocycles. The van der Waals surface area contributed by atoms with Gasteiger partial charge in [0, 0.05) is 44.4 Å². The van der Waals surface area contributed by atoms with E-state index in [4.69, 9.17) is 4.74 Å².